The van der Waals surface area contributed by atoms with Gasteiger partial charge < -0.3 is 10.2 Å². The number of thioether (sulfide) groups is 1. The summed E-state index contributed by atoms with van der Waals surface area (Å²) in [4.78, 5) is 28.5. The standard InChI is InChI=1S/C29H34N2O2S/c1-4-30-29(33)27(18-24-11-6-5-7-12-24)31(19-26-13-9-8-10-23(26)3)28(32)21-34-20-25-16-14-22(2)15-17-25/h5-17,27H,4,18-21H2,1-3H3,(H,30,33)/t27-/m0/s1. The van der Waals surface area contributed by atoms with Gasteiger partial charge in [0.1, 0.15) is 6.04 Å². The first kappa shape index (κ1) is 25.6. The molecule has 0 fully saturated rings. The highest BCUT2D eigenvalue weighted by molar-refractivity contribution is 7.99. The highest BCUT2D eigenvalue weighted by atomic mass is 32.2. The monoisotopic (exact) mass is 474 g/mol. The summed E-state index contributed by atoms with van der Waals surface area (Å²) in [7, 11) is 0. The summed E-state index contributed by atoms with van der Waals surface area (Å²) in [5, 5.41) is 2.95. The zero-order chi connectivity index (χ0) is 24.3. The molecule has 0 aromatic heterocycles. The van der Waals surface area contributed by atoms with Crippen molar-refractivity contribution in [2.45, 2.75) is 45.5 Å². The fraction of sp³-hybridized carbons (Fsp3) is 0.310. The van der Waals surface area contributed by atoms with Gasteiger partial charge in [0, 0.05) is 25.3 Å². The number of hydrogen-bond donors (Lipinski definition) is 1. The molecule has 0 spiro atoms. The van der Waals surface area contributed by atoms with Gasteiger partial charge in [-0.3, -0.25) is 9.59 Å². The maximum Gasteiger partial charge on any atom is 0.243 e. The topological polar surface area (TPSA) is 49.4 Å². The second-order valence-electron chi connectivity index (χ2n) is 8.53. The minimum absolute atomic E-state index is 0.0208. The van der Waals surface area contributed by atoms with Crippen molar-refractivity contribution in [2.75, 3.05) is 12.3 Å². The summed E-state index contributed by atoms with van der Waals surface area (Å²) < 4.78 is 0. The smallest absolute Gasteiger partial charge is 0.243 e. The van der Waals surface area contributed by atoms with Crippen molar-refractivity contribution in [1.82, 2.24) is 10.2 Å². The summed E-state index contributed by atoms with van der Waals surface area (Å²) in [6, 6.07) is 25.8. The molecule has 5 heteroatoms. The molecule has 0 aliphatic carbocycles. The number of nitrogens with one attached hydrogen (secondary N) is 1. The van der Waals surface area contributed by atoms with Crippen LogP contribution in [-0.2, 0) is 28.3 Å². The highest BCUT2D eigenvalue weighted by Gasteiger charge is 2.30. The molecule has 0 saturated heterocycles. The van der Waals surface area contributed by atoms with Gasteiger partial charge in [-0.25, -0.2) is 0 Å². The normalized spacial score (nSPS) is 11.6. The fourth-order valence-electron chi connectivity index (χ4n) is 3.84. The van der Waals surface area contributed by atoms with Crippen molar-refractivity contribution < 1.29 is 9.59 Å². The van der Waals surface area contributed by atoms with E-state index in [1.54, 1.807) is 16.7 Å². The summed E-state index contributed by atoms with van der Waals surface area (Å²) >= 11 is 1.59. The average Bonchev–Trinajstić information content (AvgIpc) is 2.84. The number of carbonyl (C=O) groups excluding carboxylic acids is 2. The SMILES string of the molecule is CCNC(=O)[C@H](Cc1ccccc1)N(Cc1ccccc1C)C(=O)CSCc1ccc(C)cc1. The van der Waals surface area contributed by atoms with Gasteiger partial charge in [0.15, 0.2) is 0 Å². The summed E-state index contributed by atoms with van der Waals surface area (Å²) in [5.74, 6) is 0.948. The van der Waals surface area contributed by atoms with Crippen LogP contribution < -0.4 is 5.32 Å². The van der Waals surface area contributed by atoms with E-state index in [4.69, 9.17) is 0 Å². The molecule has 2 amide bonds. The molecule has 178 valence electrons. The highest BCUT2D eigenvalue weighted by Crippen LogP contribution is 2.20. The maximum absolute atomic E-state index is 13.6. The van der Waals surface area contributed by atoms with Gasteiger partial charge in [-0.05, 0) is 43.0 Å². The third-order valence-corrected chi connectivity index (χ3v) is 6.83. The lowest BCUT2D eigenvalue weighted by Gasteiger charge is -2.32. The third-order valence-electron chi connectivity index (χ3n) is 5.84. The predicted octanol–water partition coefficient (Wildman–Crippen LogP) is 5.31. The summed E-state index contributed by atoms with van der Waals surface area (Å²) in [5.41, 5.74) is 5.62. The zero-order valence-corrected chi connectivity index (χ0v) is 21.1. The molecule has 3 rings (SSSR count). The molecule has 0 bridgehead atoms. The molecule has 0 unspecified atom stereocenters. The lowest BCUT2D eigenvalue weighted by molar-refractivity contribution is -0.139. The summed E-state index contributed by atoms with van der Waals surface area (Å²) in [6.45, 7) is 6.95. The Morgan fingerprint density at radius 1 is 0.882 bits per heavy atom. The van der Waals surface area contributed by atoms with Crippen molar-refractivity contribution in [3.05, 3.63) is 107 Å². The molecule has 34 heavy (non-hydrogen) atoms. The van der Waals surface area contributed by atoms with E-state index in [9.17, 15) is 9.59 Å². The number of nitrogens with zero attached hydrogens (tertiary/aromatic N) is 1. The van der Waals surface area contributed by atoms with E-state index in [1.807, 2.05) is 68.4 Å². The van der Waals surface area contributed by atoms with Gasteiger partial charge in [-0.1, -0.05) is 84.4 Å². The van der Waals surface area contributed by atoms with Gasteiger partial charge in [-0.2, -0.15) is 0 Å². The van der Waals surface area contributed by atoms with Gasteiger partial charge in [0.05, 0.1) is 5.75 Å². The van der Waals surface area contributed by atoms with Crippen LogP contribution in [0.3, 0.4) is 0 Å². The first-order valence-electron chi connectivity index (χ1n) is 11.8. The second kappa shape index (κ2) is 13.0. The lowest BCUT2D eigenvalue weighted by atomic mass is 10.0. The van der Waals surface area contributed by atoms with Crippen LogP contribution in [0, 0.1) is 13.8 Å². The molecule has 0 radical (unpaired) electrons. The fourth-order valence-corrected chi connectivity index (χ4v) is 4.71. The molecule has 3 aromatic rings. The van der Waals surface area contributed by atoms with Gasteiger partial charge in [0.2, 0.25) is 11.8 Å². The van der Waals surface area contributed by atoms with E-state index >= 15 is 0 Å². The largest absolute Gasteiger partial charge is 0.355 e. The molecule has 0 aliphatic heterocycles. The molecule has 0 saturated carbocycles. The Kier molecular flexibility index (Phi) is 9.77. The maximum atomic E-state index is 13.6. The average molecular weight is 475 g/mol. The molecule has 4 nitrogen and oxygen atoms in total. The number of carbonyl (C=O) groups is 2. The minimum atomic E-state index is -0.575. The van der Waals surface area contributed by atoms with Gasteiger partial charge in [-0.15, -0.1) is 11.8 Å². The van der Waals surface area contributed by atoms with Crippen LogP contribution in [-0.4, -0.2) is 35.1 Å². The van der Waals surface area contributed by atoms with Crippen LogP contribution in [0.15, 0.2) is 78.9 Å². The Hall–Kier alpha value is -3.05. The number of likely N-dealkylation sites (N-methyl/N-ethyl adjacent to an activating group) is 1. The second-order valence-corrected chi connectivity index (χ2v) is 9.51. The van der Waals surface area contributed by atoms with E-state index in [1.165, 1.54) is 11.1 Å². The minimum Gasteiger partial charge on any atom is -0.355 e. The predicted molar refractivity (Wildman–Crippen MR) is 142 cm³/mol. The van der Waals surface area contributed by atoms with E-state index in [0.717, 1.165) is 22.4 Å². The molecule has 3 aromatic carbocycles. The van der Waals surface area contributed by atoms with Crippen molar-refractivity contribution in [1.29, 1.82) is 0 Å². The number of hydrogen-bond acceptors (Lipinski definition) is 3. The Labute approximate surface area is 207 Å². The van der Waals surface area contributed by atoms with Crippen molar-refractivity contribution >= 4 is 23.6 Å². The number of amides is 2. The first-order chi connectivity index (χ1) is 16.5. The Morgan fingerprint density at radius 3 is 2.24 bits per heavy atom. The zero-order valence-electron chi connectivity index (χ0n) is 20.3. The quantitative estimate of drug-likeness (QED) is 0.410. The molecule has 1 N–H and O–H groups in total. The van der Waals surface area contributed by atoms with E-state index < -0.39 is 6.04 Å². The molecule has 0 heterocycles. The van der Waals surface area contributed by atoms with Crippen molar-refractivity contribution in [3.63, 3.8) is 0 Å². The van der Waals surface area contributed by atoms with Crippen LogP contribution >= 0.6 is 11.8 Å². The molecular weight excluding hydrogens is 440 g/mol. The van der Waals surface area contributed by atoms with Gasteiger partial charge >= 0.3 is 0 Å². The van der Waals surface area contributed by atoms with Crippen molar-refractivity contribution in [3.8, 4) is 0 Å². The molecular formula is C29H34N2O2S. The van der Waals surface area contributed by atoms with Crippen molar-refractivity contribution in [2.24, 2.45) is 0 Å². The van der Waals surface area contributed by atoms with Gasteiger partial charge in [0.25, 0.3) is 0 Å². The Morgan fingerprint density at radius 2 is 1.56 bits per heavy atom. The number of benzene rings is 3. The third kappa shape index (κ3) is 7.49. The van der Waals surface area contributed by atoms with Crippen LogP contribution in [0.1, 0.15) is 34.7 Å². The van der Waals surface area contributed by atoms with Crippen LogP contribution in [0.4, 0.5) is 0 Å². The number of aryl methyl sites for hydroxylation is 2. The Bertz CT molecular complexity index is 1070. The van der Waals surface area contributed by atoms with Crippen LogP contribution in [0.25, 0.3) is 0 Å². The lowest BCUT2D eigenvalue weighted by Crippen LogP contribution is -2.51. The van der Waals surface area contributed by atoms with E-state index in [2.05, 4.69) is 36.5 Å². The number of rotatable bonds is 11. The first-order valence-corrected chi connectivity index (χ1v) is 12.9. The van der Waals surface area contributed by atoms with Crippen LogP contribution in [0.2, 0.25) is 0 Å². The Balaban J connectivity index is 1.82. The molecule has 0 aliphatic rings. The molecule has 1 atom stereocenters. The van der Waals surface area contributed by atoms with E-state index in [0.29, 0.717) is 25.3 Å². The van der Waals surface area contributed by atoms with Crippen LogP contribution in [0.5, 0.6) is 0 Å². The summed E-state index contributed by atoms with van der Waals surface area (Å²) in [6.07, 6.45) is 0.479. The van der Waals surface area contributed by atoms with E-state index in [-0.39, 0.29) is 11.8 Å².